The predicted octanol–water partition coefficient (Wildman–Crippen LogP) is 2.42. The highest BCUT2D eigenvalue weighted by Crippen LogP contribution is 2.23. The number of benzene rings is 1. The number of rotatable bonds is 6. The van der Waals surface area contributed by atoms with Crippen molar-refractivity contribution in [3.8, 4) is 11.3 Å². The van der Waals surface area contributed by atoms with Gasteiger partial charge in [-0.1, -0.05) is 30.4 Å². The zero-order valence-electron chi connectivity index (χ0n) is 14.7. The standard InChI is InChI=1S/C18H20N6OS/c1-3-12-10-21-11(2)22-16(12)13-5-4-6-14(9-13)17(25)20-8-7-15-23-24-18(19)26-15/h4-6,9-10H,3,7-8H2,1-2H3,(H2,19,24)(H,20,25). The quantitative estimate of drug-likeness (QED) is 0.692. The van der Waals surface area contributed by atoms with E-state index in [1.807, 2.05) is 31.3 Å². The van der Waals surface area contributed by atoms with E-state index in [1.165, 1.54) is 11.3 Å². The van der Waals surface area contributed by atoms with Crippen molar-refractivity contribution in [1.29, 1.82) is 0 Å². The van der Waals surface area contributed by atoms with Crippen LogP contribution in [0.3, 0.4) is 0 Å². The van der Waals surface area contributed by atoms with E-state index in [2.05, 4.69) is 32.4 Å². The maximum absolute atomic E-state index is 12.4. The summed E-state index contributed by atoms with van der Waals surface area (Å²) in [6, 6.07) is 7.48. The van der Waals surface area contributed by atoms with Gasteiger partial charge in [0.15, 0.2) is 0 Å². The van der Waals surface area contributed by atoms with Crippen LogP contribution in [0.5, 0.6) is 0 Å². The van der Waals surface area contributed by atoms with E-state index < -0.39 is 0 Å². The Morgan fingerprint density at radius 3 is 2.88 bits per heavy atom. The lowest BCUT2D eigenvalue weighted by molar-refractivity contribution is 0.0954. The Labute approximate surface area is 155 Å². The van der Waals surface area contributed by atoms with Gasteiger partial charge < -0.3 is 11.1 Å². The van der Waals surface area contributed by atoms with Crippen LogP contribution in [-0.4, -0.2) is 32.6 Å². The lowest BCUT2D eigenvalue weighted by Crippen LogP contribution is -2.25. The monoisotopic (exact) mass is 368 g/mol. The summed E-state index contributed by atoms with van der Waals surface area (Å²) in [5.74, 6) is 0.580. The Bertz CT molecular complexity index is 924. The molecule has 0 spiro atoms. The van der Waals surface area contributed by atoms with Crippen LogP contribution in [0, 0.1) is 6.92 Å². The topological polar surface area (TPSA) is 107 Å². The molecule has 0 aliphatic rings. The molecule has 7 nitrogen and oxygen atoms in total. The van der Waals surface area contributed by atoms with Crippen molar-refractivity contribution < 1.29 is 4.79 Å². The number of aryl methyl sites for hydroxylation is 2. The number of nitrogens with two attached hydrogens (primary N) is 1. The number of hydrogen-bond donors (Lipinski definition) is 2. The minimum Gasteiger partial charge on any atom is -0.374 e. The van der Waals surface area contributed by atoms with Gasteiger partial charge in [-0.05, 0) is 31.0 Å². The molecule has 3 aromatic rings. The van der Waals surface area contributed by atoms with Crippen molar-refractivity contribution in [2.45, 2.75) is 26.7 Å². The molecular formula is C18H20N6OS. The maximum Gasteiger partial charge on any atom is 0.251 e. The van der Waals surface area contributed by atoms with Gasteiger partial charge in [0.1, 0.15) is 10.8 Å². The van der Waals surface area contributed by atoms with Crippen LogP contribution in [0.25, 0.3) is 11.3 Å². The lowest BCUT2D eigenvalue weighted by atomic mass is 10.0. The first-order chi connectivity index (χ1) is 12.6. The van der Waals surface area contributed by atoms with Gasteiger partial charge >= 0.3 is 0 Å². The van der Waals surface area contributed by atoms with Gasteiger partial charge in [0.2, 0.25) is 5.13 Å². The van der Waals surface area contributed by atoms with Gasteiger partial charge in [-0.25, -0.2) is 9.97 Å². The minimum absolute atomic E-state index is 0.131. The first-order valence-corrected chi connectivity index (χ1v) is 9.17. The normalized spacial score (nSPS) is 10.7. The van der Waals surface area contributed by atoms with Crippen LogP contribution < -0.4 is 11.1 Å². The van der Waals surface area contributed by atoms with E-state index in [4.69, 9.17) is 5.73 Å². The molecule has 3 rings (SSSR count). The van der Waals surface area contributed by atoms with Crippen molar-refractivity contribution in [2.24, 2.45) is 0 Å². The van der Waals surface area contributed by atoms with E-state index >= 15 is 0 Å². The highest BCUT2D eigenvalue weighted by molar-refractivity contribution is 7.15. The van der Waals surface area contributed by atoms with E-state index in [9.17, 15) is 4.79 Å². The Morgan fingerprint density at radius 1 is 1.31 bits per heavy atom. The third-order valence-electron chi connectivity index (χ3n) is 3.87. The average Bonchev–Trinajstić information content (AvgIpc) is 3.07. The van der Waals surface area contributed by atoms with Crippen molar-refractivity contribution >= 4 is 22.4 Å². The molecule has 8 heteroatoms. The van der Waals surface area contributed by atoms with E-state index in [0.29, 0.717) is 29.5 Å². The molecule has 0 aliphatic heterocycles. The van der Waals surface area contributed by atoms with Crippen LogP contribution in [0.1, 0.15) is 33.7 Å². The van der Waals surface area contributed by atoms with Gasteiger partial charge in [-0.3, -0.25) is 4.79 Å². The number of nitrogens with one attached hydrogen (secondary N) is 1. The largest absolute Gasteiger partial charge is 0.374 e. The van der Waals surface area contributed by atoms with Crippen LogP contribution >= 0.6 is 11.3 Å². The molecule has 1 amide bonds. The number of amides is 1. The number of aromatic nitrogens is 4. The van der Waals surface area contributed by atoms with Crippen molar-refractivity contribution in [3.05, 3.63) is 52.4 Å². The summed E-state index contributed by atoms with van der Waals surface area (Å²) in [4.78, 5) is 21.2. The molecule has 0 fully saturated rings. The summed E-state index contributed by atoms with van der Waals surface area (Å²) >= 11 is 1.33. The highest BCUT2D eigenvalue weighted by atomic mass is 32.1. The fourth-order valence-corrected chi connectivity index (χ4v) is 3.17. The molecule has 0 unspecified atom stereocenters. The molecule has 0 aliphatic carbocycles. The molecule has 0 saturated carbocycles. The Balaban J connectivity index is 1.72. The molecule has 0 bridgehead atoms. The number of hydrogen-bond acceptors (Lipinski definition) is 7. The molecule has 0 atom stereocenters. The number of carbonyl (C=O) groups excluding carboxylic acids is 1. The lowest BCUT2D eigenvalue weighted by Gasteiger charge is -2.09. The highest BCUT2D eigenvalue weighted by Gasteiger charge is 2.11. The van der Waals surface area contributed by atoms with Gasteiger partial charge in [-0.2, -0.15) is 0 Å². The van der Waals surface area contributed by atoms with E-state index in [0.717, 1.165) is 28.2 Å². The third-order valence-corrected chi connectivity index (χ3v) is 4.68. The molecule has 26 heavy (non-hydrogen) atoms. The summed E-state index contributed by atoms with van der Waals surface area (Å²) in [6.07, 6.45) is 3.28. The second kappa shape index (κ2) is 8.01. The zero-order valence-corrected chi connectivity index (χ0v) is 15.5. The second-order valence-electron chi connectivity index (χ2n) is 5.77. The summed E-state index contributed by atoms with van der Waals surface area (Å²) in [7, 11) is 0. The fourth-order valence-electron chi connectivity index (χ4n) is 2.56. The molecule has 3 N–H and O–H groups in total. The van der Waals surface area contributed by atoms with E-state index in [-0.39, 0.29) is 5.91 Å². The Morgan fingerprint density at radius 2 is 2.15 bits per heavy atom. The number of anilines is 1. The van der Waals surface area contributed by atoms with Gasteiger partial charge in [0, 0.05) is 30.3 Å². The summed E-state index contributed by atoms with van der Waals surface area (Å²) < 4.78 is 0. The first kappa shape index (κ1) is 17.9. The Hall–Kier alpha value is -2.87. The molecule has 2 heterocycles. The van der Waals surface area contributed by atoms with Gasteiger partial charge in [-0.15, -0.1) is 10.2 Å². The Kier molecular flexibility index (Phi) is 5.52. The second-order valence-corrected chi connectivity index (χ2v) is 6.86. The SMILES string of the molecule is CCc1cnc(C)nc1-c1cccc(C(=O)NCCc2nnc(N)s2)c1. The van der Waals surface area contributed by atoms with E-state index in [1.54, 1.807) is 6.07 Å². The minimum atomic E-state index is -0.131. The fraction of sp³-hybridized carbons (Fsp3) is 0.278. The number of nitrogen functional groups attached to an aromatic ring is 1. The third kappa shape index (κ3) is 4.20. The first-order valence-electron chi connectivity index (χ1n) is 8.36. The molecular weight excluding hydrogens is 348 g/mol. The van der Waals surface area contributed by atoms with Gasteiger partial charge in [0.05, 0.1) is 5.69 Å². The zero-order chi connectivity index (χ0) is 18.5. The van der Waals surface area contributed by atoms with Crippen molar-refractivity contribution in [1.82, 2.24) is 25.5 Å². The average molecular weight is 368 g/mol. The number of carbonyl (C=O) groups is 1. The summed E-state index contributed by atoms with van der Waals surface area (Å²) in [5.41, 5.74) is 8.99. The molecule has 1 aromatic carbocycles. The van der Waals surface area contributed by atoms with Gasteiger partial charge in [0.25, 0.3) is 5.91 Å². The maximum atomic E-state index is 12.4. The van der Waals surface area contributed by atoms with Crippen molar-refractivity contribution in [2.75, 3.05) is 12.3 Å². The van der Waals surface area contributed by atoms with Crippen molar-refractivity contribution in [3.63, 3.8) is 0 Å². The summed E-state index contributed by atoms with van der Waals surface area (Å²) in [5, 5.41) is 11.9. The molecule has 0 radical (unpaired) electrons. The van der Waals surface area contributed by atoms with Crippen LogP contribution in [0.4, 0.5) is 5.13 Å². The van der Waals surface area contributed by atoms with Crippen LogP contribution in [-0.2, 0) is 12.8 Å². The summed E-state index contributed by atoms with van der Waals surface area (Å²) in [6.45, 7) is 4.40. The molecule has 0 saturated heterocycles. The smallest absolute Gasteiger partial charge is 0.251 e. The van der Waals surface area contributed by atoms with Crippen LogP contribution in [0.15, 0.2) is 30.5 Å². The van der Waals surface area contributed by atoms with Crippen LogP contribution in [0.2, 0.25) is 0 Å². The number of nitrogens with zero attached hydrogens (tertiary/aromatic N) is 4. The molecule has 2 aromatic heterocycles. The predicted molar refractivity (Wildman–Crippen MR) is 102 cm³/mol. The molecule has 134 valence electrons.